The van der Waals surface area contributed by atoms with Gasteiger partial charge in [-0.25, -0.2) is 0 Å². The van der Waals surface area contributed by atoms with Gasteiger partial charge in [0, 0.05) is 11.4 Å². The summed E-state index contributed by atoms with van der Waals surface area (Å²) in [5.41, 5.74) is -0.0947. The average Bonchev–Trinajstić information content (AvgIpc) is 2.44. The molecule has 0 saturated heterocycles. The topological polar surface area (TPSA) is 66.4 Å². The van der Waals surface area contributed by atoms with Gasteiger partial charge >= 0.3 is 5.97 Å². The summed E-state index contributed by atoms with van der Waals surface area (Å²) >= 11 is 5.93. The van der Waals surface area contributed by atoms with Crippen molar-refractivity contribution in [3.8, 4) is 0 Å². The first-order valence-electron chi connectivity index (χ1n) is 7.13. The smallest absolute Gasteiger partial charge is 0.310 e. The summed E-state index contributed by atoms with van der Waals surface area (Å²) in [7, 11) is 0. The van der Waals surface area contributed by atoms with Gasteiger partial charge in [-0.3, -0.25) is 9.59 Å². The summed E-state index contributed by atoms with van der Waals surface area (Å²) in [6.45, 7) is 5.44. The van der Waals surface area contributed by atoms with Crippen LogP contribution in [-0.4, -0.2) is 17.0 Å². The molecule has 0 aliphatic rings. The van der Waals surface area contributed by atoms with Crippen molar-refractivity contribution >= 4 is 23.5 Å². The Morgan fingerprint density at radius 2 is 1.95 bits per heavy atom. The molecule has 1 aromatic rings. The first-order valence-corrected chi connectivity index (χ1v) is 7.50. The van der Waals surface area contributed by atoms with Crippen molar-refractivity contribution in [3.05, 3.63) is 34.9 Å². The summed E-state index contributed by atoms with van der Waals surface area (Å²) in [4.78, 5) is 23.6. The van der Waals surface area contributed by atoms with E-state index in [4.69, 9.17) is 11.6 Å². The van der Waals surface area contributed by atoms with Gasteiger partial charge in [0.25, 0.3) is 0 Å². The standard InChI is InChI=1S/C16H22ClNO3/c1-4-16(5-2,15(20)21)10-14(19)18-11(3)12-7-6-8-13(17)9-12/h6-9,11H,4-5,10H2,1-3H3,(H,18,19)(H,20,21)/t11-/m0/s1. The quantitative estimate of drug-likeness (QED) is 0.805. The van der Waals surface area contributed by atoms with E-state index < -0.39 is 11.4 Å². The molecule has 0 fully saturated rings. The van der Waals surface area contributed by atoms with Crippen molar-refractivity contribution in [1.29, 1.82) is 0 Å². The van der Waals surface area contributed by atoms with Crippen molar-refractivity contribution in [2.75, 3.05) is 0 Å². The molecular formula is C16H22ClNO3. The number of hydrogen-bond donors (Lipinski definition) is 2. The number of hydrogen-bond acceptors (Lipinski definition) is 2. The highest BCUT2D eigenvalue weighted by molar-refractivity contribution is 6.30. The minimum atomic E-state index is -0.988. The first-order chi connectivity index (χ1) is 9.84. The fraction of sp³-hybridized carbons (Fsp3) is 0.500. The van der Waals surface area contributed by atoms with Crippen molar-refractivity contribution < 1.29 is 14.7 Å². The Labute approximate surface area is 130 Å². The molecule has 21 heavy (non-hydrogen) atoms. The van der Waals surface area contributed by atoms with Crippen LogP contribution < -0.4 is 5.32 Å². The summed E-state index contributed by atoms with van der Waals surface area (Å²) in [5.74, 6) is -1.17. The van der Waals surface area contributed by atoms with E-state index in [1.165, 1.54) is 0 Å². The lowest BCUT2D eigenvalue weighted by Gasteiger charge is -2.26. The minimum absolute atomic E-state index is 0.0137. The van der Waals surface area contributed by atoms with E-state index >= 15 is 0 Å². The van der Waals surface area contributed by atoms with Gasteiger partial charge in [0.15, 0.2) is 0 Å². The third-order valence-corrected chi connectivity index (χ3v) is 4.27. The molecule has 0 radical (unpaired) electrons. The van der Waals surface area contributed by atoms with Gasteiger partial charge in [-0.05, 0) is 37.5 Å². The van der Waals surface area contributed by atoms with Gasteiger partial charge in [0.1, 0.15) is 0 Å². The van der Waals surface area contributed by atoms with Crippen LogP contribution >= 0.6 is 11.6 Å². The molecule has 0 spiro atoms. The molecule has 4 nitrogen and oxygen atoms in total. The predicted molar refractivity (Wildman–Crippen MR) is 83.3 cm³/mol. The molecule has 0 bridgehead atoms. The Balaban J connectivity index is 2.75. The molecule has 1 aromatic carbocycles. The van der Waals surface area contributed by atoms with E-state index in [1.807, 2.05) is 19.1 Å². The molecule has 0 saturated carbocycles. The zero-order chi connectivity index (χ0) is 16.0. The molecule has 1 rings (SSSR count). The molecule has 0 aliphatic heterocycles. The van der Waals surface area contributed by atoms with Crippen LogP contribution in [-0.2, 0) is 9.59 Å². The van der Waals surface area contributed by atoms with Crippen LogP contribution in [0, 0.1) is 5.41 Å². The lowest BCUT2D eigenvalue weighted by Crippen LogP contribution is -2.37. The number of nitrogens with one attached hydrogen (secondary N) is 1. The number of carboxylic acids is 1. The maximum Gasteiger partial charge on any atom is 0.310 e. The van der Waals surface area contributed by atoms with Crippen LogP contribution in [0.5, 0.6) is 0 Å². The van der Waals surface area contributed by atoms with Crippen LogP contribution in [0.15, 0.2) is 24.3 Å². The van der Waals surface area contributed by atoms with Crippen molar-refractivity contribution in [3.63, 3.8) is 0 Å². The van der Waals surface area contributed by atoms with E-state index in [2.05, 4.69) is 5.32 Å². The van der Waals surface area contributed by atoms with Gasteiger partial charge in [-0.15, -0.1) is 0 Å². The molecule has 116 valence electrons. The van der Waals surface area contributed by atoms with Crippen LogP contribution in [0.3, 0.4) is 0 Å². The number of amides is 1. The molecule has 5 heteroatoms. The van der Waals surface area contributed by atoms with Gasteiger partial charge in [0.2, 0.25) is 5.91 Å². The van der Waals surface area contributed by atoms with Gasteiger partial charge in [-0.1, -0.05) is 37.6 Å². The lowest BCUT2D eigenvalue weighted by atomic mass is 9.79. The molecule has 1 atom stereocenters. The van der Waals surface area contributed by atoms with Crippen LogP contribution in [0.1, 0.15) is 51.6 Å². The zero-order valence-electron chi connectivity index (χ0n) is 12.6. The second kappa shape index (κ2) is 7.46. The Kier molecular flexibility index (Phi) is 6.21. The normalized spacial score (nSPS) is 12.8. The van der Waals surface area contributed by atoms with Crippen molar-refractivity contribution in [2.24, 2.45) is 5.41 Å². The van der Waals surface area contributed by atoms with Crippen LogP contribution in [0.2, 0.25) is 5.02 Å². The van der Waals surface area contributed by atoms with E-state index in [9.17, 15) is 14.7 Å². The highest BCUT2D eigenvalue weighted by Gasteiger charge is 2.37. The highest BCUT2D eigenvalue weighted by Crippen LogP contribution is 2.31. The molecule has 0 aliphatic carbocycles. The highest BCUT2D eigenvalue weighted by atomic mass is 35.5. The zero-order valence-corrected chi connectivity index (χ0v) is 13.4. The summed E-state index contributed by atoms with van der Waals surface area (Å²) in [6.07, 6.45) is 0.843. The second-order valence-electron chi connectivity index (χ2n) is 5.31. The summed E-state index contributed by atoms with van der Waals surface area (Å²) in [5, 5.41) is 12.8. The molecule has 1 amide bonds. The number of benzene rings is 1. The predicted octanol–water partition coefficient (Wildman–Crippen LogP) is 3.80. The monoisotopic (exact) mass is 311 g/mol. The van der Waals surface area contributed by atoms with Gasteiger partial charge in [0.05, 0.1) is 11.5 Å². The molecule has 0 aromatic heterocycles. The number of carbonyl (C=O) groups is 2. The Bertz CT molecular complexity index is 512. The Hall–Kier alpha value is -1.55. The number of halogens is 1. The second-order valence-corrected chi connectivity index (χ2v) is 5.75. The van der Waals surface area contributed by atoms with Gasteiger partial charge in [-0.2, -0.15) is 0 Å². The SMILES string of the molecule is CCC(CC)(CC(=O)N[C@@H](C)c1cccc(Cl)c1)C(=O)O. The lowest BCUT2D eigenvalue weighted by molar-refractivity contribution is -0.152. The number of carboxylic acid groups (broad SMARTS) is 1. The van der Waals surface area contributed by atoms with Crippen molar-refractivity contribution in [2.45, 2.75) is 46.1 Å². The van der Waals surface area contributed by atoms with Crippen LogP contribution in [0.4, 0.5) is 0 Å². The largest absolute Gasteiger partial charge is 0.481 e. The van der Waals surface area contributed by atoms with Crippen molar-refractivity contribution in [1.82, 2.24) is 5.32 Å². The maximum absolute atomic E-state index is 12.1. The fourth-order valence-corrected chi connectivity index (χ4v) is 2.54. The molecule has 0 unspecified atom stereocenters. The average molecular weight is 312 g/mol. The molecule has 2 N–H and O–H groups in total. The van der Waals surface area contributed by atoms with Gasteiger partial charge < -0.3 is 10.4 Å². The minimum Gasteiger partial charge on any atom is -0.481 e. The molecule has 0 heterocycles. The summed E-state index contributed by atoms with van der Waals surface area (Å²) in [6, 6.07) is 7.04. The first kappa shape index (κ1) is 17.5. The van der Waals surface area contributed by atoms with Crippen LogP contribution in [0.25, 0.3) is 0 Å². The molecular weight excluding hydrogens is 290 g/mol. The summed E-state index contributed by atoms with van der Waals surface area (Å²) < 4.78 is 0. The third-order valence-electron chi connectivity index (χ3n) is 4.03. The number of aliphatic carboxylic acids is 1. The number of rotatable bonds is 7. The van der Waals surface area contributed by atoms with E-state index in [0.29, 0.717) is 17.9 Å². The maximum atomic E-state index is 12.1. The Morgan fingerprint density at radius 1 is 1.33 bits per heavy atom. The third kappa shape index (κ3) is 4.46. The number of carbonyl (C=O) groups excluding carboxylic acids is 1. The van der Waals surface area contributed by atoms with E-state index in [-0.39, 0.29) is 18.4 Å². The Morgan fingerprint density at radius 3 is 2.43 bits per heavy atom. The van der Waals surface area contributed by atoms with E-state index in [1.54, 1.807) is 26.0 Å². The van der Waals surface area contributed by atoms with E-state index in [0.717, 1.165) is 5.56 Å². The fourth-order valence-electron chi connectivity index (χ4n) is 2.34.